The molecule has 2 aliphatic heterocycles. The number of benzene rings is 1. The molecule has 3 heterocycles. The third-order valence-electron chi connectivity index (χ3n) is 9.99. The average molecular weight is 535 g/mol. The Morgan fingerprint density at radius 2 is 1.67 bits per heavy atom. The highest BCUT2D eigenvalue weighted by molar-refractivity contribution is 6.00. The molecule has 210 valence electrons. The molecule has 1 N–H and O–H groups in total. The molecule has 5 atom stereocenters. The van der Waals surface area contributed by atoms with Crippen molar-refractivity contribution in [2.45, 2.75) is 108 Å². The van der Waals surface area contributed by atoms with Gasteiger partial charge < -0.3 is 14.5 Å². The summed E-state index contributed by atoms with van der Waals surface area (Å²) in [6, 6.07) is 9.59. The minimum Gasteiger partial charge on any atom is -0.481 e. The minimum atomic E-state index is -0.943. The molecule has 8 nitrogen and oxygen atoms in total. The summed E-state index contributed by atoms with van der Waals surface area (Å²) >= 11 is 0. The maximum atomic E-state index is 14.1. The molecule has 1 aromatic carbocycles. The zero-order valence-electron chi connectivity index (χ0n) is 23.3. The van der Waals surface area contributed by atoms with E-state index in [1.165, 1.54) is 58.5 Å². The maximum Gasteiger partial charge on any atom is 0.303 e. The van der Waals surface area contributed by atoms with Gasteiger partial charge in [-0.1, -0.05) is 30.6 Å². The van der Waals surface area contributed by atoms with Crippen LogP contribution >= 0.6 is 0 Å². The number of piperidine rings is 2. The van der Waals surface area contributed by atoms with Gasteiger partial charge in [0.1, 0.15) is 12.8 Å². The molecule has 0 radical (unpaired) electrons. The molecule has 3 unspecified atom stereocenters. The van der Waals surface area contributed by atoms with Crippen LogP contribution in [-0.4, -0.2) is 56.5 Å². The van der Waals surface area contributed by atoms with Gasteiger partial charge in [-0.15, -0.1) is 0 Å². The Kier molecular flexibility index (Phi) is 7.49. The van der Waals surface area contributed by atoms with Crippen molar-refractivity contribution in [2.75, 3.05) is 7.11 Å². The lowest BCUT2D eigenvalue weighted by molar-refractivity contribution is -0.136. The highest BCUT2D eigenvalue weighted by Gasteiger charge is 2.46. The number of carboxylic acid groups (broad SMARTS) is 1. The van der Waals surface area contributed by atoms with Crippen molar-refractivity contribution in [1.82, 2.24) is 14.5 Å². The first-order valence-electron chi connectivity index (χ1n) is 15.0. The number of aliphatic carboxylic acids is 1. The fraction of sp³-hybridized carbons (Fsp3) is 0.677. The molecule has 2 aliphatic carbocycles. The van der Waals surface area contributed by atoms with E-state index in [9.17, 15) is 14.7 Å². The molecule has 8 heteroatoms. The van der Waals surface area contributed by atoms with Crippen molar-refractivity contribution in [3.05, 3.63) is 40.3 Å². The van der Waals surface area contributed by atoms with E-state index in [1.807, 2.05) is 28.8 Å². The van der Waals surface area contributed by atoms with Crippen LogP contribution in [0.1, 0.15) is 95.7 Å². The maximum absolute atomic E-state index is 14.1. The van der Waals surface area contributed by atoms with E-state index in [4.69, 9.17) is 4.84 Å². The zero-order valence-corrected chi connectivity index (χ0v) is 23.3. The molecule has 4 bridgehead atoms. The van der Waals surface area contributed by atoms with Gasteiger partial charge in [0.15, 0.2) is 5.69 Å². The van der Waals surface area contributed by atoms with Crippen molar-refractivity contribution in [3.63, 3.8) is 0 Å². The fourth-order valence-electron chi connectivity index (χ4n) is 8.84. The molecule has 2 saturated carbocycles. The second-order valence-electron chi connectivity index (χ2n) is 12.7. The summed E-state index contributed by atoms with van der Waals surface area (Å²) in [4.78, 5) is 38.0. The largest absolute Gasteiger partial charge is 0.481 e. The molecule has 1 aromatic heterocycles. The normalized spacial score (nSPS) is 33.2. The van der Waals surface area contributed by atoms with E-state index in [-0.39, 0.29) is 30.1 Å². The number of para-hydroxylation sites is 2. The summed E-state index contributed by atoms with van der Waals surface area (Å²) in [5.74, 6) is 1.70. The smallest absolute Gasteiger partial charge is 0.303 e. The number of rotatable bonds is 7. The summed E-state index contributed by atoms with van der Waals surface area (Å²) in [7, 11) is 1.41. The van der Waals surface area contributed by atoms with E-state index < -0.39 is 5.97 Å². The lowest BCUT2D eigenvalue weighted by Crippen LogP contribution is -2.59. The van der Waals surface area contributed by atoms with Gasteiger partial charge in [0.25, 0.3) is 5.56 Å². The van der Waals surface area contributed by atoms with Crippen LogP contribution in [0.2, 0.25) is 0 Å². The molecular formula is C31H42N4O4. The summed E-state index contributed by atoms with van der Waals surface area (Å²) in [5, 5.41) is 13.3. The molecule has 2 aromatic rings. The van der Waals surface area contributed by atoms with Crippen LogP contribution in [-0.2, 0) is 9.63 Å². The molecule has 0 amide bonds. The number of nitrogens with zero attached hydrogens (tertiary/aromatic N) is 4. The Labute approximate surface area is 230 Å². The van der Waals surface area contributed by atoms with E-state index in [0.717, 1.165) is 41.6 Å². The van der Waals surface area contributed by atoms with Crippen molar-refractivity contribution < 1.29 is 14.7 Å². The first-order chi connectivity index (χ1) is 18.9. The predicted octanol–water partition coefficient (Wildman–Crippen LogP) is 5.38. The summed E-state index contributed by atoms with van der Waals surface area (Å²) < 4.78 is 1.96. The summed E-state index contributed by atoms with van der Waals surface area (Å²) in [6.07, 6.45) is 12.5. The van der Waals surface area contributed by atoms with E-state index in [0.29, 0.717) is 23.8 Å². The fourth-order valence-corrected chi connectivity index (χ4v) is 8.84. The van der Waals surface area contributed by atoms with Gasteiger partial charge in [-0.25, -0.2) is 4.98 Å². The van der Waals surface area contributed by atoms with E-state index >= 15 is 0 Å². The summed E-state index contributed by atoms with van der Waals surface area (Å²) in [6.45, 7) is 2.44. The third-order valence-corrected chi connectivity index (χ3v) is 9.99. The van der Waals surface area contributed by atoms with Crippen molar-refractivity contribution in [3.8, 4) is 0 Å². The molecule has 4 fully saturated rings. The van der Waals surface area contributed by atoms with Gasteiger partial charge in [0, 0.05) is 30.6 Å². The number of hydrogen-bond acceptors (Lipinski definition) is 6. The van der Waals surface area contributed by atoms with E-state index in [2.05, 4.69) is 22.0 Å². The number of carboxylic acids is 1. The minimum absolute atomic E-state index is 0.0853. The second kappa shape index (κ2) is 11.0. The lowest BCUT2D eigenvalue weighted by atomic mass is 9.65. The van der Waals surface area contributed by atoms with Gasteiger partial charge in [-0.2, -0.15) is 0 Å². The molecule has 0 spiro atoms. The van der Waals surface area contributed by atoms with Crippen molar-refractivity contribution >= 4 is 22.7 Å². The number of fused-ring (bicyclic) bond motifs is 5. The Morgan fingerprint density at radius 1 is 0.974 bits per heavy atom. The van der Waals surface area contributed by atoms with Gasteiger partial charge >= 0.3 is 5.97 Å². The van der Waals surface area contributed by atoms with Crippen LogP contribution in [0.25, 0.3) is 11.0 Å². The number of aromatic nitrogens is 2. The van der Waals surface area contributed by atoms with E-state index in [1.54, 1.807) is 0 Å². The van der Waals surface area contributed by atoms with Crippen molar-refractivity contribution in [1.29, 1.82) is 0 Å². The van der Waals surface area contributed by atoms with Crippen LogP contribution in [0, 0.1) is 17.8 Å². The molecule has 39 heavy (non-hydrogen) atoms. The van der Waals surface area contributed by atoms with Crippen LogP contribution in [0.15, 0.2) is 34.2 Å². The average Bonchev–Trinajstić information content (AvgIpc) is 2.89. The van der Waals surface area contributed by atoms with Crippen LogP contribution in [0.3, 0.4) is 0 Å². The second-order valence-corrected chi connectivity index (χ2v) is 12.7. The summed E-state index contributed by atoms with van der Waals surface area (Å²) in [5.41, 5.74) is 1.89. The SMILES string of the molecule is CO/N=C(\CCC(=O)O)c1nc2ccccc2n(C2C[C@H]3CCC[C@@H](C2)N3C2CC3CC(C)CC(C3)C2)c1=O. The van der Waals surface area contributed by atoms with Gasteiger partial charge in [0.2, 0.25) is 0 Å². The highest BCUT2D eigenvalue weighted by atomic mass is 16.6. The monoisotopic (exact) mass is 534 g/mol. The zero-order chi connectivity index (χ0) is 27.1. The van der Waals surface area contributed by atoms with Gasteiger partial charge in [-0.05, 0) is 87.7 Å². The predicted molar refractivity (Wildman–Crippen MR) is 151 cm³/mol. The molecule has 4 aliphatic rings. The van der Waals surface area contributed by atoms with Crippen LogP contribution < -0.4 is 5.56 Å². The first-order valence-corrected chi connectivity index (χ1v) is 15.0. The molecule has 6 rings (SSSR count). The quantitative estimate of drug-likeness (QED) is 0.378. The lowest BCUT2D eigenvalue weighted by Gasteiger charge is -2.55. The van der Waals surface area contributed by atoms with Crippen LogP contribution in [0.5, 0.6) is 0 Å². The number of carbonyl (C=O) groups is 1. The third kappa shape index (κ3) is 5.24. The Balaban J connectivity index is 1.33. The number of oxime groups is 1. The molecular weight excluding hydrogens is 492 g/mol. The first kappa shape index (κ1) is 26.5. The standard InChI is InChI=1S/C31H42N4O4/c1-19-12-20-14-21(13-19)16-24(15-20)34-22-6-5-7-23(34)18-25(17-22)35-28-9-4-3-8-26(28)32-30(31(35)38)27(33-39-2)10-11-29(36)37/h3-4,8-9,19-25H,5-7,10-18H2,1-2H3,(H,36,37)/b33-27+/t19?,20?,21?,22-,23+,24?,25?. The number of hydrogen-bond donors (Lipinski definition) is 1. The highest BCUT2D eigenvalue weighted by Crippen LogP contribution is 2.48. The molecule has 2 saturated heterocycles. The van der Waals surface area contributed by atoms with Gasteiger partial charge in [-0.3, -0.25) is 14.5 Å². The van der Waals surface area contributed by atoms with Gasteiger partial charge in [0.05, 0.1) is 17.5 Å². The van der Waals surface area contributed by atoms with Crippen LogP contribution in [0.4, 0.5) is 0 Å². The Morgan fingerprint density at radius 3 is 2.33 bits per heavy atom. The topological polar surface area (TPSA) is 97.0 Å². The van der Waals surface area contributed by atoms with Crippen molar-refractivity contribution in [2.24, 2.45) is 22.9 Å². The Bertz CT molecular complexity index is 1270. The Hall–Kier alpha value is -2.74.